The smallest absolute Gasteiger partial charge is 0.338 e. The van der Waals surface area contributed by atoms with Crippen LogP contribution < -0.4 is 10.6 Å². The Bertz CT molecular complexity index is 581. The highest BCUT2D eigenvalue weighted by Gasteiger charge is 2.31. The molecule has 2 rings (SSSR count). The van der Waals surface area contributed by atoms with Crippen molar-refractivity contribution in [2.75, 3.05) is 6.61 Å². The monoisotopic (exact) mass is 290 g/mol. The van der Waals surface area contributed by atoms with E-state index in [1.54, 1.807) is 6.92 Å². The van der Waals surface area contributed by atoms with Gasteiger partial charge in [0.25, 0.3) is 0 Å². The molecule has 1 aromatic rings. The predicted molar refractivity (Wildman–Crippen MR) is 82.1 cm³/mol. The van der Waals surface area contributed by atoms with Gasteiger partial charge in [-0.1, -0.05) is 24.3 Å². The van der Waals surface area contributed by atoms with Crippen molar-refractivity contribution in [3.05, 3.63) is 46.7 Å². The number of aryl methyl sites for hydroxylation is 1. The molecule has 20 heavy (non-hydrogen) atoms. The molecule has 1 aromatic carbocycles. The lowest BCUT2D eigenvalue weighted by molar-refractivity contribution is -0.139. The summed E-state index contributed by atoms with van der Waals surface area (Å²) >= 11 is 5.20. The second-order valence-corrected chi connectivity index (χ2v) is 5.06. The van der Waals surface area contributed by atoms with Crippen LogP contribution in [0.3, 0.4) is 0 Å². The van der Waals surface area contributed by atoms with Crippen LogP contribution in [0, 0.1) is 6.92 Å². The van der Waals surface area contributed by atoms with E-state index in [1.165, 1.54) is 0 Å². The third-order valence-electron chi connectivity index (χ3n) is 3.26. The number of carbonyl (C=O) groups excluding carboxylic acids is 1. The van der Waals surface area contributed by atoms with Crippen LogP contribution in [0.1, 0.15) is 31.0 Å². The highest BCUT2D eigenvalue weighted by atomic mass is 32.1. The third-order valence-corrected chi connectivity index (χ3v) is 3.48. The molecule has 4 nitrogen and oxygen atoms in total. The Hall–Kier alpha value is -1.88. The summed E-state index contributed by atoms with van der Waals surface area (Å²) in [4.78, 5) is 12.2. The standard InChI is InChI=1S/C15H18N2O2S/c1-4-19-14(18)12-10(3)16-15(20)17-13(12)11-8-6-5-7-9(11)2/h5-8,13H,4H2,1-3H3,(H2,16,17,20)/t13-/m0/s1. The first-order valence-corrected chi connectivity index (χ1v) is 6.96. The maximum atomic E-state index is 12.2. The van der Waals surface area contributed by atoms with E-state index in [9.17, 15) is 4.79 Å². The quantitative estimate of drug-likeness (QED) is 0.661. The molecule has 0 aliphatic carbocycles. The summed E-state index contributed by atoms with van der Waals surface area (Å²) in [7, 11) is 0. The van der Waals surface area contributed by atoms with E-state index in [2.05, 4.69) is 10.6 Å². The Morgan fingerprint density at radius 1 is 1.35 bits per heavy atom. The molecule has 1 atom stereocenters. The fourth-order valence-electron chi connectivity index (χ4n) is 2.32. The van der Waals surface area contributed by atoms with E-state index in [1.807, 2.05) is 38.1 Å². The topological polar surface area (TPSA) is 50.4 Å². The number of thiocarbonyl (C=S) groups is 1. The lowest BCUT2D eigenvalue weighted by atomic mass is 9.92. The molecule has 0 saturated carbocycles. The van der Waals surface area contributed by atoms with Crippen molar-refractivity contribution < 1.29 is 9.53 Å². The number of carbonyl (C=O) groups is 1. The number of ether oxygens (including phenoxy) is 1. The van der Waals surface area contributed by atoms with E-state index in [0.29, 0.717) is 17.3 Å². The predicted octanol–water partition coefficient (Wildman–Crippen LogP) is 2.35. The van der Waals surface area contributed by atoms with Crippen LogP contribution in [-0.2, 0) is 9.53 Å². The summed E-state index contributed by atoms with van der Waals surface area (Å²) in [5, 5.41) is 6.66. The Labute approximate surface area is 124 Å². The minimum Gasteiger partial charge on any atom is -0.463 e. The minimum absolute atomic E-state index is 0.274. The first-order chi connectivity index (χ1) is 9.54. The van der Waals surface area contributed by atoms with Gasteiger partial charge in [0.1, 0.15) is 0 Å². The minimum atomic E-state index is -0.319. The maximum absolute atomic E-state index is 12.2. The first kappa shape index (κ1) is 14.5. The van der Waals surface area contributed by atoms with Crippen LogP contribution in [0.5, 0.6) is 0 Å². The van der Waals surface area contributed by atoms with Gasteiger partial charge in [0.15, 0.2) is 5.11 Å². The second kappa shape index (κ2) is 6.05. The SMILES string of the molecule is CCOC(=O)C1=C(C)NC(=S)N[C@H]1c1ccccc1C. The van der Waals surface area contributed by atoms with E-state index in [-0.39, 0.29) is 12.0 Å². The average Bonchev–Trinajstić information content (AvgIpc) is 2.38. The Morgan fingerprint density at radius 3 is 2.70 bits per heavy atom. The van der Waals surface area contributed by atoms with E-state index >= 15 is 0 Å². The Kier molecular flexibility index (Phi) is 4.39. The van der Waals surface area contributed by atoms with Crippen LogP contribution in [0.2, 0.25) is 0 Å². The molecule has 1 aliphatic rings. The number of esters is 1. The molecule has 0 radical (unpaired) electrons. The molecule has 0 unspecified atom stereocenters. The van der Waals surface area contributed by atoms with Crippen molar-refractivity contribution in [2.45, 2.75) is 26.8 Å². The van der Waals surface area contributed by atoms with Gasteiger partial charge in [0.05, 0.1) is 18.2 Å². The Morgan fingerprint density at radius 2 is 2.05 bits per heavy atom. The van der Waals surface area contributed by atoms with Gasteiger partial charge in [-0.3, -0.25) is 0 Å². The molecule has 106 valence electrons. The van der Waals surface area contributed by atoms with Crippen molar-refractivity contribution >= 4 is 23.3 Å². The Balaban J connectivity index is 2.48. The molecule has 1 aliphatic heterocycles. The number of allylic oxidation sites excluding steroid dienone is 1. The molecule has 5 heteroatoms. The molecule has 0 fully saturated rings. The molecule has 0 saturated heterocycles. The number of benzene rings is 1. The fourth-order valence-corrected chi connectivity index (χ4v) is 2.59. The van der Waals surface area contributed by atoms with Crippen LogP contribution in [0.15, 0.2) is 35.5 Å². The maximum Gasteiger partial charge on any atom is 0.338 e. The summed E-state index contributed by atoms with van der Waals surface area (Å²) in [6.45, 7) is 6.00. The number of nitrogens with one attached hydrogen (secondary N) is 2. The van der Waals surface area contributed by atoms with Gasteiger partial charge >= 0.3 is 5.97 Å². The number of hydrogen-bond donors (Lipinski definition) is 2. The fraction of sp³-hybridized carbons (Fsp3) is 0.333. The molecular weight excluding hydrogens is 272 g/mol. The van der Waals surface area contributed by atoms with Gasteiger partial charge in [-0.2, -0.15) is 0 Å². The summed E-state index contributed by atoms with van der Waals surface area (Å²) in [6.07, 6.45) is 0. The molecule has 0 spiro atoms. The molecule has 0 bridgehead atoms. The zero-order valence-electron chi connectivity index (χ0n) is 11.8. The van der Waals surface area contributed by atoms with E-state index < -0.39 is 0 Å². The molecular formula is C15H18N2O2S. The highest BCUT2D eigenvalue weighted by molar-refractivity contribution is 7.80. The van der Waals surface area contributed by atoms with Crippen molar-refractivity contribution in [1.29, 1.82) is 0 Å². The lowest BCUT2D eigenvalue weighted by Crippen LogP contribution is -2.45. The van der Waals surface area contributed by atoms with Gasteiger partial charge in [-0.05, 0) is 44.1 Å². The van der Waals surface area contributed by atoms with Gasteiger partial charge in [0.2, 0.25) is 0 Å². The summed E-state index contributed by atoms with van der Waals surface area (Å²) < 4.78 is 5.16. The molecule has 0 aromatic heterocycles. The largest absolute Gasteiger partial charge is 0.463 e. The van der Waals surface area contributed by atoms with Gasteiger partial charge in [-0.25, -0.2) is 4.79 Å². The third kappa shape index (κ3) is 2.82. The highest BCUT2D eigenvalue weighted by Crippen LogP contribution is 2.29. The molecule has 2 N–H and O–H groups in total. The van der Waals surface area contributed by atoms with Crippen molar-refractivity contribution in [3.8, 4) is 0 Å². The summed E-state index contributed by atoms with van der Waals surface area (Å²) in [6, 6.07) is 7.66. The van der Waals surface area contributed by atoms with Gasteiger partial charge in [0, 0.05) is 5.70 Å². The van der Waals surface area contributed by atoms with Gasteiger partial charge in [-0.15, -0.1) is 0 Å². The summed E-state index contributed by atoms with van der Waals surface area (Å²) in [5.74, 6) is -0.319. The number of hydrogen-bond acceptors (Lipinski definition) is 3. The van der Waals surface area contributed by atoms with Crippen LogP contribution in [0.4, 0.5) is 0 Å². The zero-order chi connectivity index (χ0) is 14.7. The normalized spacial score (nSPS) is 18.4. The van der Waals surface area contributed by atoms with Crippen molar-refractivity contribution in [1.82, 2.24) is 10.6 Å². The van der Waals surface area contributed by atoms with E-state index in [4.69, 9.17) is 17.0 Å². The lowest BCUT2D eigenvalue weighted by Gasteiger charge is -2.30. The van der Waals surface area contributed by atoms with Crippen molar-refractivity contribution in [3.63, 3.8) is 0 Å². The molecule has 1 heterocycles. The van der Waals surface area contributed by atoms with Gasteiger partial charge < -0.3 is 15.4 Å². The zero-order valence-corrected chi connectivity index (χ0v) is 12.6. The van der Waals surface area contributed by atoms with Crippen LogP contribution in [-0.4, -0.2) is 17.7 Å². The van der Waals surface area contributed by atoms with Crippen LogP contribution >= 0.6 is 12.2 Å². The first-order valence-electron chi connectivity index (χ1n) is 6.55. The average molecular weight is 290 g/mol. The second-order valence-electron chi connectivity index (χ2n) is 4.65. The van der Waals surface area contributed by atoms with Crippen LogP contribution in [0.25, 0.3) is 0 Å². The molecule has 0 amide bonds. The number of rotatable bonds is 3. The summed E-state index contributed by atoms with van der Waals surface area (Å²) in [5.41, 5.74) is 3.44. The van der Waals surface area contributed by atoms with E-state index in [0.717, 1.165) is 16.8 Å². The van der Waals surface area contributed by atoms with Crippen molar-refractivity contribution in [2.24, 2.45) is 0 Å².